The average molecular weight is 380 g/mol. The molecule has 0 atom stereocenters. The predicted molar refractivity (Wildman–Crippen MR) is 104 cm³/mol. The minimum Gasteiger partial charge on any atom is -0.491 e. The van der Waals surface area contributed by atoms with E-state index in [2.05, 4.69) is 21.0 Å². The molecule has 4 aromatic heterocycles. The minimum absolute atomic E-state index is 0.357. The highest BCUT2D eigenvalue weighted by Crippen LogP contribution is 2.37. The van der Waals surface area contributed by atoms with E-state index in [4.69, 9.17) is 18.9 Å². The first-order valence-corrected chi connectivity index (χ1v) is 8.99. The van der Waals surface area contributed by atoms with Crippen LogP contribution in [-0.2, 0) is 16.5 Å². The van der Waals surface area contributed by atoms with Crippen LogP contribution in [0.5, 0.6) is 11.6 Å². The van der Waals surface area contributed by atoms with Gasteiger partial charge in [0.1, 0.15) is 11.2 Å². The molecule has 1 saturated heterocycles. The summed E-state index contributed by atoms with van der Waals surface area (Å²) in [6, 6.07) is 5.93. The van der Waals surface area contributed by atoms with E-state index in [0.29, 0.717) is 24.8 Å². The Labute approximate surface area is 161 Å². The van der Waals surface area contributed by atoms with Gasteiger partial charge in [-0.25, -0.2) is 9.97 Å². The Balaban J connectivity index is 1.70. The number of aromatic nitrogens is 4. The van der Waals surface area contributed by atoms with Gasteiger partial charge in [0.05, 0.1) is 38.6 Å². The van der Waals surface area contributed by atoms with E-state index in [1.165, 1.54) is 0 Å². The van der Waals surface area contributed by atoms with Gasteiger partial charge < -0.3 is 28.5 Å². The number of aryl methyl sites for hydroxylation is 1. The van der Waals surface area contributed by atoms with Crippen molar-refractivity contribution in [2.75, 3.05) is 27.4 Å². The molecular formula is C20H20N4O4. The Morgan fingerprint density at radius 2 is 2.00 bits per heavy atom. The lowest BCUT2D eigenvalue weighted by Gasteiger charge is -2.09. The summed E-state index contributed by atoms with van der Waals surface area (Å²) in [5.41, 5.74) is 5.39. The molecular weight excluding hydrogens is 360 g/mol. The van der Waals surface area contributed by atoms with Crippen LogP contribution in [0.15, 0.2) is 30.6 Å². The standard InChI is InChI=1S/C20H20N4O4/c1-24-10-13(17-15(24)9-16(25-2)19(23-17)26-3)14-8-12-11(20-27-6-7-28-20)4-5-21-18(12)22-14/h4-5,8-10,20H,6-7H2,1-3H3,(H,21,22). The Morgan fingerprint density at radius 1 is 1.18 bits per heavy atom. The largest absolute Gasteiger partial charge is 0.491 e. The molecule has 0 aromatic carbocycles. The summed E-state index contributed by atoms with van der Waals surface area (Å²) >= 11 is 0. The number of H-pyrrole nitrogens is 1. The fourth-order valence-corrected chi connectivity index (χ4v) is 3.69. The molecule has 0 unspecified atom stereocenters. The highest BCUT2D eigenvalue weighted by molar-refractivity contribution is 5.96. The third-order valence-corrected chi connectivity index (χ3v) is 5.04. The first-order valence-electron chi connectivity index (χ1n) is 8.99. The van der Waals surface area contributed by atoms with Gasteiger partial charge in [-0.2, -0.15) is 0 Å². The van der Waals surface area contributed by atoms with Gasteiger partial charge in [-0.05, 0) is 12.1 Å². The van der Waals surface area contributed by atoms with Gasteiger partial charge in [0.2, 0.25) is 0 Å². The second kappa shape index (κ2) is 6.50. The molecule has 5 heterocycles. The predicted octanol–water partition coefficient (Wildman–Crippen LogP) is 3.18. The van der Waals surface area contributed by atoms with Crippen molar-refractivity contribution in [1.29, 1.82) is 0 Å². The van der Waals surface area contributed by atoms with Crippen molar-refractivity contribution in [3.05, 3.63) is 36.2 Å². The molecule has 0 radical (unpaired) electrons. The summed E-state index contributed by atoms with van der Waals surface area (Å²) in [6.45, 7) is 1.20. The molecule has 1 fully saturated rings. The molecule has 1 aliphatic heterocycles. The number of aromatic amines is 1. The van der Waals surface area contributed by atoms with Crippen LogP contribution in [0.4, 0.5) is 0 Å². The Morgan fingerprint density at radius 3 is 2.75 bits per heavy atom. The zero-order valence-electron chi connectivity index (χ0n) is 15.9. The number of fused-ring (bicyclic) bond motifs is 2. The Bertz CT molecular complexity index is 1170. The maximum Gasteiger partial charge on any atom is 0.257 e. The van der Waals surface area contributed by atoms with Gasteiger partial charge in [0.15, 0.2) is 12.0 Å². The summed E-state index contributed by atoms with van der Waals surface area (Å²) in [5.74, 6) is 1.05. The van der Waals surface area contributed by atoms with Crippen molar-refractivity contribution in [3.8, 4) is 22.9 Å². The molecule has 1 aliphatic rings. The molecule has 28 heavy (non-hydrogen) atoms. The van der Waals surface area contributed by atoms with E-state index in [9.17, 15) is 0 Å². The molecule has 0 spiro atoms. The van der Waals surface area contributed by atoms with Crippen molar-refractivity contribution in [2.24, 2.45) is 7.05 Å². The summed E-state index contributed by atoms with van der Waals surface area (Å²) in [7, 11) is 5.17. The lowest BCUT2D eigenvalue weighted by molar-refractivity contribution is -0.0430. The third-order valence-electron chi connectivity index (χ3n) is 5.04. The number of hydrogen-bond donors (Lipinski definition) is 1. The summed E-state index contributed by atoms with van der Waals surface area (Å²) in [6.07, 6.45) is 3.44. The minimum atomic E-state index is -0.357. The number of nitrogens with zero attached hydrogens (tertiary/aromatic N) is 3. The second-order valence-corrected chi connectivity index (χ2v) is 6.64. The third kappa shape index (κ3) is 2.53. The highest BCUT2D eigenvalue weighted by atomic mass is 16.7. The number of pyridine rings is 2. The van der Waals surface area contributed by atoms with Crippen molar-refractivity contribution in [2.45, 2.75) is 6.29 Å². The molecule has 1 N–H and O–H groups in total. The van der Waals surface area contributed by atoms with Crippen molar-refractivity contribution in [1.82, 2.24) is 19.5 Å². The molecule has 0 saturated carbocycles. The number of rotatable bonds is 4. The lowest BCUT2D eigenvalue weighted by Crippen LogP contribution is -1.98. The van der Waals surface area contributed by atoms with Gasteiger partial charge in [-0.3, -0.25) is 0 Å². The normalized spacial score (nSPS) is 15.0. The molecule has 4 aromatic rings. The molecule has 8 heteroatoms. The van der Waals surface area contributed by atoms with Crippen LogP contribution in [0.1, 0.15) is 11.9 Å². The number of ether oxygens (including phenoxy) is 4. The highest BCUT2D eigenvalue weighted by Gasteiger charge is 2.23. The smallest absolute Gasteiger partial charge is 0.257 e. The summed E-state index contributed by atoms with van der Waals surface area (Å²) < 4.78 is 24.2. The zero-order valence-corrected chi connectivity index (χ0v) is 15.9. The lowest BCUT2D eigenvalue weighted by atomic mass is 10.1. The average Bonchev–Trinajstić information content (AvgIpc) is 3.45. The van der Waals surface area contributed by atoms with Crippen LogP contribution in [0.2, 0.25) is 0 Å². The van der Waals surface area contributed by atoms with E-state index in [0.717, 1.165) is 38.9 Å². The quantitative estimate of drug-likeness (QED) is 0.585. The zero-order chi connectivity index (χ0) is 19.3. The fourth-order valence-electron chi connectivity index (χ4n) is 3.69. The Kier molecular flexibility index (Phi) is 3.96. The SMILES string of the molecule is COc1cc2c(nc1OC)c(-c1cc3c(C4OCCO4)ccnc3[nH]1)cn2C. The molecule has 0 bridgehead atoms. The van der Waals surface area contributed by atoms with Gasteiger partial charge in [0.25, 0.3) is 5.88 Å². The summed E-state index contributed by atoms with van der Waals surface area (Å²) in [4.78, 5) is 12.5. The van der Waals surface area contributed by atoms with Crippen molar-refractivity contribution >= 4 is 22.1 Å². The van der Waals surface area contributed by atoms with Crippen LogP contribution in [-0.4, -0.2) is 47.0 Å². The van der Waals surface area contributed by atoms with Crippen LogP contribution < -0.4 is 9.47 Å². The van der Waals surface area contributed by atoms with Gasteiger partial charge >= 0.3 is 0 Å². The monoisotopic (exact) mass is 380 g/mol. The van der Waals surface area contributed by atoms with E-state index in [-0.39, 0.29) is 6.29 Å². The molecule has 0 amide bonds. The van der Waals surface area contributed by atoms with Crippen LogP contribution >= 0.6 is 0 Å². The van der Waals surface area contributed by atoms with Gasteiger partial charge in [-0.15, -0.1) is 0 Å². The van der Waals surface area contributed by atoms with Gasteiger partial charge in [0, 0.05) is 42.0 Å². The van der Waals surface area contributed by atoms with Crippen LogP contribution in [0.3, 0.4) is 0 Å². The van der Waals surface area contributed by atoms with E-state index in [1.54, 1.807) is 20.4 Å². The maximum absolute atomic E-state index is 5.68. The molecule has 0 aliphatic carbocycles. The number of methoxy groups -OCH3 is 2. The van der Waals surface area contributed by atoms with Crippen molar-refractivity contribution < 1.29 is 18.9 Å². The Hall–Kier alpha value is -3.10. The second-order valence-electron chi connectivity index (χ2n) is 6.64. The fraction of sp³-hybridized carbons (Fsp3) is 0.300. The van der Waals surface area contributed by atoms with Crippen molar-refractivity contribution in [3.63, 3.8) is 0 Å². The maximum atomic E-state index is 5.68. The molecule has 144 valence electrons. The topological polar surface area (TPSA) is 83.4 Å². The number of hydrogen-bond acceptors (Lipinski definition) is 6. The van der Waals surface area contributed by atoms with Gasteiger partial charge in [-0.1, -0.05) is 0 Å². The van der Waals surface area contributed by atoms with Crippen LogP contribution in [0.25, 0.3) is 33.3 Å². The van der Waals surface area contributed by atoms with E-state index < -0.39 is 0 Å². The summed E-state index contributed by atoms with van der Waals surface area (Å²) in [5, 5.41) is 0.974. The van der Waals surface area contributed by atoms with E-state index >= 15 is 0 Å². The molecule has 8 nitrogen and oxygen atoms in total. The number of nitrogens with one attached hydrogen (secondary N) is 1. The van der Waals surface area contributed by atoms with E-state index in [1.807, 2.05) is 29.9 Å². The molecule has 5 rings (SSSR count). The first-order chi connectivity index (χ1) is 13.7. The first kappa shape index (κ1) is 17.0. The van der Waals surface area contributed by atoms with Crippen LogP contribution in [0, 0.1) is 0 Å².